The van der Waals surface area contributed by atoms with E-state index in [4.69, 9.17) is 5.11 Å². The molecule has 4 N–H and O–H groups in total. The van der Waals surface area contributed by atoms with Crippen molar-refractivity contribution >= 4 is 17.9 Å². The molecule has 0 aromatic rings. The van der Waals surface area contributed by atoms with Crippen molar-refractivity contribution < 1.29 is 19.5 Å². The first-order valence-corrected chi connectivity index (χ1v) is 5.42. The third-order valence-corrected chi connectivity index (χ3v) is 1.74. The van der Waals surface area contributed by atoms with Crippen LogP contribution in [-0.4, -0.2) is 42.6 Å². The number of amides is 3. The normalized spacial score (nSPS) is 9.82. The minimum absolute atomic E-state index is 0.0365. The number of carbonyl (C=O) groups is 3. The number of carboxylic acid groups (broad SMARTS) is 1. The highest BCUT2D eigenvalue weighted by atomic mass is 16.4. The van der Waals surface area contributed by atoms with Gasteiger partial charge in [-0.05, 0) is 5.92 Å². The van der Waals surface area contributed by atoms with E-state index in [9.17, 15) is 14.4 Å². The summed E-state index contributed by atoms with van der Waals surface area (Å²) >= 11 is 0. The van der Waals surface area contributed by atoms with E-state index in [1.165, 1.54) is 0 Å². The van der Waals surface area contributed by atoms with Gasteiger partial charge in [0, 0.05) is 13.1 Å². The first-order chi connectivity index (χ1) is 7.91. The molecular weight excluding hydrogens is 226 g/mol. The van der Waals surface area contributed by atoms with Crippen molar-refractivity contribution in [1.82, 2.24) is 16.0 Å². The molecule has 0 aromatic heterocycles. The van der Waals surface area contributed by atoms with E-state index in [1.807, 2.05) is 13.8 Å². The lowest BCUT2D eigenvalue weighted by atomic mass is 10.2. The molecule has 0 saturated heterocycles. The van der Waals surface area contributed by atoms with Crippen LogP contribution >= 0.6 is 0 Å². The number of rotatable bonds is 7. The van der Waals surface area contributed by atoms with Gasteiger partial charge in [0.25, 0.3) is 0 Å². The highest BCUT2D eigenvalue weighted by Crippen LogP contribution is 1.86. The lowest BCUT2D eigenvalue weighted by Crippen LogP contribution is -2.43. The molecule has 0 aromatic carbocycles. The van der Waals surface area contributed by atoms with Gasteiger partial charge in [0.15, 0.2) is 0 Å². The van der Waals surface area contributed by atoms with Crippen LogP contribution in [0.25, 0.3) is 0 Å². The van der Waals surface area contributed by atoms with E-state index in [-0.39, 0.29) is 25.4 Å². The second-order valence-electron chi connectivity index (χ2n) is 3.95. The highest BCUT2D eigenvalue weighted by Gasteiger charge is 2.05. The number of nitrogens with one attached hydrogen (secondary N) is 3. The molecule has 0 bridgehead atoms. The van der Waals surface area contributed by atoms with Crippen LogP contribution in [0.15, 0.2) is 0 Å². The van der Waals surface area contributed by atoms with E-state index in [0.29, 0.717) is 12.5 Å². The van der Waals surface area contributed by atoms with Crippen LogP contribution < -0.4 is 16.0 Å². The summed E-state index contributed by atoms with van der Waals surface area (Å²) < 4.78 is 0. The molecular formula is C10H19N3O4. The van der Waals surface area contributed by atoms with Crippen molar-refractivity contribution in [1.29, 1.82) is 0 Å². The molecule has 98 valence electrons. The molecule has 0 fully saturated rings. The number of carbonyl (C=O) groups excluding carboxylic acids is 2. The maximum absolute atomic E-state index is 11.2. The number of urea groups is 1. The summed E-state index contributed by atoms with van der Waals surface area (Å²) in [5, 5.41) is 15.6. The van der Waals surface area contributed by atoms with Gasteiger partial charge >= 0.3 is 12.0 Å². The molecule has 7 heteroatoms. The van der Waals surface area contributed by atoms with Gasteiger partial charge in [0.2, 0.25) is 5.91 Å². The zero-order valence-electron chi connectivity index (χ0n) is 10.1. The minimum Gasteiger partial charge on any atom is -0.481 e. The number of hydrogen-bond donors (Lipinski definition) is 4. The number of hydrogen-bond acceptors (Lipinski definition) is 3. The lowest BCUT2D eigenvalue weighted by Gasteiger charge is -2.09. The molecule has 0 atom stereocenters. The quantitative estimate of drug-likeness (QED) is 0.486. The van der Waals surface area contributed by atoms with Crippen molar-refractivity contribution in [3.63, 3.8) is 0 Å². The minimum atomic E-state index is -0.986. The van der Waals surface area contributed by atoms with Gasteiger partial charge in [-0.1, -0.05) is 13.8 Å². The predicted molar refractivity (Wildman–Crippen MR) is 61.5 cm³/mol. The monoisotopic (exact) mass is 245 g/mol. The molecule has 0 heterocycles. The molecule has 3 amide bonds. The van der Waals surface area contributed by atoms with Gasteiger partial charge < -0.3 is 21.1 Å². The maximum Gasteiger partial charge on any atom is 0.315 e. The SMILES string of the molecule is CC(C)CNC(=O)CNC(=O)NCCC(=O)O. The van der Waals surface area contributed by atoms with E-state index < -0.39 is 12.0 Å². The second-order valence-corrected chi connectivity index (χ2v) is 3.95. The molecule has 0 rings (SSSR count). The molecule has 0 spiro atoms. The Morgan fingerprint density at radius 2 is 1.76 bits per heavy atom. The van der Waals surface area contributed by atoms with Gasteiger partial charge in [-0.3, -0.25) is 9.59 Å². The molecule has 7 nitrogen and oxygen atoms in total. The Morgan fingerprint density at radius 3 is 2.29 bits per heavy atom. The van der Waals surface area contributed by atoms with Crippen LogP contribution in [0.3, 0.4) is 0 Å². The molecule has 0 radical (unpaired) electrons. The van der Waals surface area contributed by atoms with Crippen LogP contribution in [0.2, 0.25) is 0 Å². The zero-order chi connectivity index (χ0) is 13.3. The van der Waals surface area contributed by atoms with Gasteiger partial charge in [0.05, 0.1) is 13.0 Å². The van der Waals surface area contributed by atoms with Gasteiger partial charge in [-0.2, -0.15) is 0 Å². The Bertz CT molecular complexity index is 279. The highest BCUT2D eigenvalue weighted by molar-refractivity contribution is 5.84. The summed E-state index contributed by atoms with van der Waals surface area (Å²) in [4.78, 5) is 32.4. The molecule has 17 heavy (non-hydrogen) atoms. The fourth-order valence-electron chi connectivity index (χ4n) is 0.886. The first-order valence-electron chi connectivity index (χ1n) is 5.42. The fraction of sp³-hybridized carbons (Fsp3) is 0.700. The van der Waals surface area contributed by atoms with E-state index in [2.05, 4.69) is 16.0 Å². The van der Waals surface area contributed by atoms with Crippen LogP contribution in [0.4, 0.5) is 4.79 Å². The Labute approximate surface area is 100.0 Å². The van der Waals surface area contributed by atoms with Crippen LogP contribution in [0.1, 0.15) is 20.3 Å². The molecule has 0 unspecified atom stereocenters. The average Bonchev–Trinajstić information content (AvgIpc) is 2.23. The van der Waals surface area contributed by atoms with Crippen LogP contribution in [0, 0.1) is 5.92 Å². The maximum atomic E-state index is 11.2. The van der Waals surface area contributed by atoms with Gasteiger partial charge in [0.1, 0.15) is 0 Å². The summed E-state index contributed by atoms with van der Waals surface area (Å²) in [5.41, 5.74) is 0. The smallest absolute Gasteiger partial charge is 0.315 e. The molecule has 0 aliphatic carbocycles. The Morgan fingerprint density at radius 1 is 1.12 bits per heavy atom. The van der Waals surface area contributed by atoms with Crippen molar-refractivity contribution in [2.75, 3.05) is 19.6 Å². The van der Waals surface area contributed by atoms with E-state index in [1.54, 1.807) is 0 Å². The third-order valence-electron chi connectivity index (χ3n) is 1.74. The average molecular weight is 245 g/mol. The zero-order valence-corrected chi connectivity index (χ0v) is 10.1. The van der Waals surface area contributed by atoms with Crippen molar-refractivity contribution in [2.45, 2.75) is 20.3 Å². The number of aliphatic carboxylic acids is 1. The van der Waals surface area contributed by atoms with E-state index >= 15 is 0 Å². The van der Waals surface area contributed by atoms with Crippen molar-refractivity contribution in [3.8, 4) is 0 Å². The summed E-state index contributed by atoms with van der Waals surface area (Å²) in [6, 6.07) is -0.550. The van der Waals surface area contributed by atoms with Gasteiger partial charge in [-0.25, -0.2) is 4.79 Å². The Hall–Kier alpha value is -1.79. The topological polar surface area (TPSA) is 108 Å². The second kappa shape index (κ2) is 8.37. The van der Waals surface area contributed by atoms with E-state index in [0.717, 1.165) is 0 Å². The fourth-order valence-corrected chi connectivity index (χ4v) is 0.886. The summed E-state index contributed by atoms with van der Waals surface area (Å²) in [7, 11) is 0. The number of carboxylic acids is 1. The third kappa shape index (κ3) is 10.5. The van der Waals surface area contributed by atoms with Gasteiger partial charge in [-0.15, -0.1) is 0 Å². The lowest BCUT2D eigenvalue weighted by molar-refractivity contribution is -0.136. The molecule has 0 aliphatic heterocycles. The Balaban J connectivity index is 3.55. The molecule has 0 aliphatic rings. The summed E-state index contributed by atoms with van der Waals surface area (Å²) in [6.45, 7) is 4.40. The Kier molecular flexibility index (Phi) is 7.49. The van der Waals surface area contributed by atoms with Crippen molar-refractivity contribution in [3.05, 3.63) is 0 Å². The van der Waals surface area contributed by atoms with Crippen LogP contribution in [-0.2, 0) is 9.59 Å². The molecule has 0 saturated carbocycles. The van der Waals surface area contributed by atoms with Crippen LogP contribution in [0.5, 0.6) is 0 Å². The summed E-state index contributed by atoms with van der Waals surface area (Å²) in [5.74, 6) is -0.907. The summed E-state index contributed by atoms with van der Waals surface area (Å²) in [6.07, 6.45) is -0.146. The largest absolute Gasteiger partial charge is 0.481 e. The first kappa shape index (κ1) is 15.2. The van der Waals surface area contributed by atoms with Crippen molar-refractivity contribution in [2.24, 2.45) is 5.92 Å². The predicted octanol–water partition coefficient (Wildman–Crippen LogP) is -0.467. The standard InChI is InChI=1S/C10H19N3O4/c1-7(2)5-12-8(14)6-13-10(17)11-4-3-9(15)16/h7H,3-6H2,1-2H3,(H,12,14)(H,15,16)(H2,11,13,17).